The van der Waals surface area contributed by atoms with Crippen LogP contribution in [-0.4, -0.2) is 45.2 Å². The predicted octanol–water partition coefficient (Wildman–Crippen LogP) is 2.50. The zero-order chi connectivity index (χ0) is 18.6. The van der Waals surface area contributed by atoms with Gasteiger partial charge in [0.2, 0.25) is 10.0 Å². The van der Waals surface area contributed by atoms with Gasteiger partial charge < -0.3 is 0 Å². The van der Waals surface area contributed by atoms with Crippen molar-refractivity contribution >= 4 is 19.9 Å². The van der Waals surface area contributed by atoms with Gasteiger partial charge in [-0.15, -0.1) is 0 Å². The molecular weight excluding hydrogens is 370 g/mol. The van der Waals surface area contributed by atoms with Crippen molar-refractivity contribution in [1.82, 2.24) is 4.31 Å². The quantitative estimate of drug-likeness (QED) is 0.725. The topological polar surface area (TPSA) is 71.5 Å². The second-order valence-electron chi connectivity index (χ2n) is 6.55. The standard InChI is InChI=1S/C19H23NO4S2/c21-25(22,19-11-5-2-6-12-19)16-18-10-7-14-20(18)26(23,24)15-13-17-8-3-1-4-9-17/h1-6,8-9,11-12,18H,7,10,13-16H2/t18-/m1/s1. The van der Waals surface area contributed by atoms with E-state index in [-0.39, 0.29) is 16.4 Å². The summed E-state index contributed by atoms with van der Waals surface area (Å²) in [5.41, 5.74) is 0.962. The number of aryl methyl sites for hydroxylation is 1. The number of nitrogens with zero attached hydrogens (tertiary/aromatic N) is 1. The summed E-state index contributed by atoms with van der Waals surface area (Å²) in [4.78, 5) is 0.244. The van der Waals surface area contributed by atoms with Crippen molar-refractivity contribution in [2.24, 2.45) is 0 Å². The van der Waals surface area contributed by atoms with Gasteiger partial charge in [-0.3, -0.25) is 0 Å². The fraction of sp³-hybridized carbons (Fsp3) is 0.368. The van der Waals surface area contributed by atoms with Gasteiger partial charge in [0.25, 0.3) is 0 Å². The number of sulfone groups is 1. The lowest BCUT2D eigenvalue weighted by molar-refractivity contribution is 0.407. The molecule has 2 aromatic carbocycles. The van der Waals surface area contributed by atoms with Gasteiger partial charge in [0, 0.05) is 12.6 Å². The van der Waals surface area contributed by atoms with E-state index in [1.807, 2.05) is 30.3 Å². The molecule has 1 heterocycles. The van der Waals surface area contributed by atoms with Gasteiger partial charge in [-0.1, -0.05) is 48.5 Å². The summed E-state index contributed by atoms with van der Waals surface area (Å²) in [6.07, 6.45) is 1.70. The van der Waals surface area contributed by atoms with Gasteiger partial charge in [0.1, 0.15) is 0 Å². The molecule has 1 atom stereocenters. The van der Waals surface area contributed by atoms with Crippen LogP contribution in [-0.2, 0) is 26.3 Å². The van der Waals surface area contributed by atoms with Crippen LogP contribution in [0.15, 0.2) is 65.6 Å². The second-order valence-corrected chi connectivity index (χ2v) is 10.6. The molecule has 0 N–H and O–H groups in total. The van der Waals surface area contributed by atoms with Crippen LogP contribution < -0.4 is 0 Å². The third kappa shape index (κ3) is 4.52. The molecule has 3 rings (SSSR count). The zero-order valence-corrected chi connectivity index (χ0v) is 16.1. The molecular formula is C19H23NO4S2. The minimum atomic E-state index is -3.51. The van der Waals surface area contributed by atoms with Gasteiger partial charge in [0.15, 0.2) is 9.84 Å². The van der Waals surface area contributed by atoms with E-state index in [0.29, 0.717) is 25.8 Å². The van der Waals surface area contributed by atoms with Crippen LogP contribution >= 0.6 is 0 Å². The average Bonchev–Trinajstić information content (AvgIpc) is 3.10. The second kappa shape index (κ2) is 7.90. The number of hydrogen-bond acceptors (Lipinski definition) is 4. The first-order chi connectivity index (χ1) is 12.4. The highest BCUT2D eigenvalue weighted by Crippen LogP contribution is 2.25. The van der Waals surface area contributed by atoms with Crippen molar-refractivity contribution in [3.05, 3.63) is 66.2 Å². The summed E-state index contributed by atoms with van der Waals surface area (Å²) in [6, 6.07) is 17.2. The molecule has 26 heavy (non-hydrogen) atoms. The van der Waals surface area contributed by atoms with Gasteiger partial charge in [-0.2, -0.15) is 4.31 Å². The molecule has 1 saturated heterocycles. The van der Waals surface area contributed by atoms with Crippen molar-refractivity contribution in [3.63, 3.8) is 0 Å². The first kappa shape index (κ1) is 19.1. The Hall–Kier alpha value is -1.70. The summed E-state index contributed by atoms with van der Waals surface area (Å²) in [5.74, 6) is -0.166. The Balaban J connectivity index is 1.71. The summed E-state index contributed by atoms with van der Waals surface area (Å²) in [7, 11) is -7.00. The van der Waals surface area contributed by atoms with Crippen molar-refractivity contribution in [2.75, 3.05) is 18.1 Å². The average molecular weight is 394 g/mol. The number of sulfonamides is 1. The predicted molar refractivity (Wildman–Crippen MR) is 102 cm³/mol. The molecule has 0 bridgehead atoms. The minimum Gasteiger partial charge on any atom is -0.224 e. The maximum absolute atomic E-state index is 12.8. The Morgan fingerprint density at radius 1 is 0.885 bits per heavy atom. The zero-order valence-electron chi connectivity index (χ0n) is 14.5. The number of rotatable bonds is 7. The van der Waals surface area contributed by atoms with Crippen LogP contribution in [0.1, 0.15) is 18.4 Å². The Morgan fingerprint density at radius 2 is 1.50 bits per heavy atom. The maximum Gasteiger partial charge on any atom is 0.214 e. The summed E-state index contributed by atoms with van der Waals surface area (Å²) in [6.45, 7) is 0.395. The molecule has 5 nitrogen and oxygen atoms in total. The number of hydrogen-bond donors (Lipinski definition) is 0. The van der Waals surface area contributed by atoms with Crippen molar-refractivity contribution < 1.29 is 16.8 Å². The number of benzene rings is 2. The largest absolute Gasteiger partial charge is 0.224 e. The smallest absolute Gasteiger partial charge is 0.214 e. The van der Waals surface area contributed by atoms with Gasteiger partial charge in [-0.05, 0) is 37.0 Å². The van der Waals surface area contributed by atoms with E-state index >= 15 is 0 Å². The van der Waals surface area contributed by atoms with Crippen molar-refractivity contribution in [1.29, 1.82) is 0 Å². The Labute approximate surface area is 155 Å². The summed E-state index contributed by atoms with van der Waals surface area (Å²) < 4.78 is 52.2. The Bertz CT molecular complexity index is 926. The van der Waals surface area contributed by atoms with Gasteiger partial charge in [-0.25, -0.2) is 16.8 Å². The Kier molecular flexibility index (Phi) is 5.79. The lowest BCUT2D eigenvalue weighted by Crippen LogP contribution is -2.41. The van der Waals surface area contributed by atoms with E-state index in [9.17, 15) is 16.8 Å². The maximum atomic E-state index is 12.8. The van der Waals surface area contributed by atoms with E-state index in [2.05, 4.69) is 0 Å². The summed E-state index contributed by atoms with van der Waals surface area (Å²) >= 11 is 0. The minimum absolute atomic E-state index is 0.00109. The highest BCUT2D eigenvalue weighted by molar-refractivity contribution is 7.91. The lowest BCUT2D eigenvalue weighted by Gasteiger charge is -2.24. The normalized spacial score (nSPS) is 18.8. The third-order valence-corrected chi connectivity index (χ3v) is 8.42. The van der Waals surface area contributed by atoms with Crippen molar-refractivity contribution in [2.45, 2.75) is 30.2 Å². The molecule has 7 heteroatoms. The molecule has 1 aliphatic rings. The van der Waals surface area contributed by atoms with E-state index in [1.54, 1.807) is 30.3 Å². The molecule has 0 aromatic heterocycles. The van der Waals surface area contributed by atoms with E-state index < -0.39 is 25.9 Å². The Morgan fingerprint density at radius 3 is 2.15 bits per heavy atom. The van der Waals surface area contributed by atoms with Crippen LogP contribution in [0.2, 0.25) is 0 Å². The first-order valence-corrected chi connectivity index (χ1v) is 12.0. The molecule has 0 amide bonds. The van der Waals surface area contributed by atoms with Crippen LogP contribution in [0.4, 0.5) is 0 Å². The molecule has 0 radical (unpaired) electrons. The van der Waals surface area contributed by atoms with Crippen LogP contribution in [0, 0.1) is 0 Å². The molecule has 1 fully saturated rings. The molecule has 0 spiro atoms. The van der Waals surface area contributed by atoms with Crippen LogP contribution in [0.5, 0.6) is 0 Å². The molecule has 1 aliphatic heterocycles. The molecule has 0 saturated carbocycles. The molecule has 0 unspecified atom stereocenters. The van der Waals surface area contributed by atoms with Crippen LogP contribution in [0.3, 0.4) is 0 Å². The molecule has 140 valence electrons. The fourth-order valence-corrected chi connectivity index (χ4v) is 6.81. The molecule has 2 aromatic rings. The van der Waals surface area contributed by atoms with Crippen LogP contribution in [0.25, 0.3) is 0 Å². The van der Waals surface area contributed by atoms with Gasteiger partial charge >= 0.3 is 0 Å². The van der Waals surface area contributed by atoms with E-state index in [0.717, 1.165) is 5.56 Å². The van der Waals surface area contributed by atoms with Gasteiger partial charge in [0.05, 0.1) is 16.4 Å². The monoisotopic (exact) mass is 393 g/mol. The SMILES string of the molecule is O=S(=O)(C[C@H]1CCCN1S(=O)(=O)CCc1ccccc1)c1ccccc1. The summed E-state index contributed by atoms with van der Waals surface area (Å²) in [5, 5.41) is 0. The first-order valence-electron chi connectivity index (χ1n) is 8.70. The van der Waals surface area contributed by atoms with Crippen molar-refractivity contribution in [3.8, 4) is 0 Å². The van der Waals surface area contributed by atoms with E-state index in [1.165, 1.54) is 4.31 Å². The molecule has 0 aliphatic carbocycles. The third-order valence-electron chi connectivity index (χ3n) is 4.69. The highest BCUT2D eigenvalue weighted by atomic mass is 32.2. The highest BCUT2D eigenvalue weighted by Gasteiger charge is 2.36. The fourth-order valence-electron chi connectivity index (χ4n) is 3.33. The van der Waals surface area contributed by atoms with E-state index in [4.69, 9.17) is 0 Å². The lowest BCUT2D eigenvalue weighted by atomic mass is 10.2.